The molecular formula is C17H16ClN5O2S2. The van der Waals surface area contributed by atoms with E-state index in [4.69, 9.17) is 16.1 Å². The van der Waals surface area contributed by atoms with Gasteiger partial charge in [0.1, 0.15) is 0 Å². The van der Waals surface area contributed by atoms with Crippen LogP contribution in [0.2, 0.25) is 5.02 Å². The minimum atomic E-state index is 0.0905. The van der Waals surface area contributed by atoms with Gasteiger partial charge in [-0.25, -0.2) is 0 Å². The quantitative estimate of drug-likeness (QED) is 0.411. The molecule has 7 nitrogen and oxygen atoms in total. The summed E-state index contributed by atoms with van der Waals surface area (Å²) < 4.78 is 6.07. The molecule has 1 amide bonds. The molecule has 0 N–H and O–H groups in total. The number of amides is 1. The molecule has 1 fully saturated rings. The predicted molar refractivity (Wildman–Crippen MR) is 105 cm³/mol. The highest BCUT2D eigenvalue weighted by Crippen LogP contribution is 2.37. The summed E-state index contributed by atoms with van der Waals surface area (Å²) in [5.74, 6) is 1.53. The molecule has 27 heavy (non-hydrogen) atoms. The van der Waals surface area contributed by atoms with Crippen LogP contribution >= 0.6 is 34.7 Å². The number of carbonyl (C=O) groups is 1. The second-order valence-corrected chi connectivity index (χ2v) is 8.57. The first-order valence-electron chi connectivity index (χ1n) is 8.51. The standard InChI is InChI=1S/C17H16ClN5O2S2/c1-2-14(24)23(10-7-8-10)16-20-21-17(27-16)26-9-13-19-15(25-22-13)11-5-3-4-6-12(11)18/h3-6,10H,2,7-9H2,1H3. The Kier molecular flexibility index (Phi) is 5.42. The summed E-state index contributed by atoms with van der Waals surface area (Å²) in [6.45, 7) is 1.86. The Morgan fingerprint density at radius 3 is 2.93 bits per heavy atom. The van der Waals surface area contributed by atoms with Crippen LogP contribution in [-0.2, 0) is 10.5 Å². The Balaban J connectivity index is 1.42. The fraction of sp³-hybridized carbons (Fsp3) is 0.353. The Hall–Kier alpha value is -1.97. The number of hydrogen-bond acceptors (Lipinski definition) is 8. The molecule has 140 valence electrons. The monoisotopic (exact) mass is 421 g/mol. The van der Waals surface area contributed by atoms with Crippen molar-refractivity contribution >= 4 is 45.7 Å². The Labute approximate surface area is 169 Å². The minimum absolute atomic E-state index is 0.0905. The second kappa shape index (κ2) is 7.95. The highest BCUT2D eigenvalue weighted by Gasteiger charge is 2.35. The fourth-order valence-corrected chi connectivity index (χ4v) is 4.50. The fourth-order valence-electron chi connectivity index (χ4n) is 2.51. The number of benzene rings is 1. The maximum Gasteiger partial charge on any atom is 0.259 e. The molecule has 1 saturated carbocycles. The lowest BCUT2D eigenvalue weighted by atomic mass is 10.2. The van der Waals surface area contributed by atoms with E-state index in [1.165, 1.54) is 23.1 Å². The van der Waals surface area contributed by atoms with Gasteiger partial charge in [0, 0.05) is 12.5 Å². The molecule has 1 aliphatic rings. The third-order valence-electron chi connectivity index (χ3n) is 3.98. The molecule has 0 atom stereocenters. The molecule has 2 heterocycles. The average Bonchev–Trinajstić information content (AvgIpc) is 3.20. The van der Waals surface area contributed by atoms with Crippen molar-refractivity contribution in [3.8, 4) is 11.5 Å². The van der Waals surface area contributed by atoms with Crippen molar-refractivity contribution in [2.75, 3.05) is 4.90 Å². The molecule has 0 spiro atoms. The van der Waals surface area contributed by atoms with Crippen molar-refractivity contribution in [1.82, 2.24) is 20.3 Å². The molecule has 0 bridgehead atoms. The van der Waals surface area contributed by atoms with Gasteiger partial charge in [-0.3, -0.25) is 9.69 Å². The number of aromatic nitrogens is 4. The number of carbonyl (C=O) groups excluding carboxylic acids is 1. The van der Waals surface area contributed by atoms with Crippen molar-refractivity contribution < 1.29 is 9.32 Å². The summed E-state index contributed by atoms with van der Waals surface area (Å²) in [5, 5.41) is 13.6. The molecule has 1 aliphatic carbocycles. The predicted octanol–water partition coefficient (Wildman–Crippen LogP) is 4.44. The largest absolute Gasteiger partial charge is 0.334 e. The van der Waals surface area contributed by atoms with E-state index in [0.29, 0.717) is 39.6 Å². The topological polar surface area (TPSA) is 85.0 Å². The van der Waals surface area contributed by atoms with E-state index in [1.807, 2.05) is 25.1 Å². The third-order valence-corrected chi connectivity index (χ3v) is 6.36. The van der Waals surface area contributed by atoms with Crippen LogP contribution in [0.25, 0.3) is 11.5 Å². The zero-order valence-corrected chi connectivity index (χ0v) is 16.9. The maximum absolute atomic E-state index is 12.2. The third kappa shape index (κ3) is 4.15. The van der Waals surface area contributed by atoms with E-state index in [0.717, 1.165) is 17.2 Å². The van der Waals surface area contributed by atoms with Crippen molar-refractivity contribution in [3.63, 3.8) is 0 Å². The average molecular weight is 422 g/mol. The lowest BCUT2D eigenvalue weighted by molar-refractivity contribution is -0.118. The molecule has 4 rings (SSSR count). The van der Waals surface area contributed by atoms with Gasteiger partial charge < -0.3 is 4.52 Å². The zero-order valence-electron chi connectivity index (χ0n) is 14.5. The summed E-state index contributed by atoms with van der Waals surface area (Å²) >= 11 is 9.04. The Bertz CT molecular complexity index is 956. The molecule has 0 unspecified atom stereocenters. The van der Waals surface area contributed by atoms with Crippen LogP contribution in [0.1, 0.15) is 32.0 Å². The first-order chi connectivity index (χ1) is 13.2. The molecule has 3 aromatic rings. The minimum Gasteiger partial charge on any atom is -0.334 e. The number of nitrogens with zero attached hydrogens (tertiary/aromatic N) is 5. The van der Waals surface area contributed by atoms with Gasteiger partial charge in [-0.2, -0.15) is 4.98 Å². The normalized spacial score (nSPS) is 13.7. The van der Waals surface area contributed by atoms with Gasteiger partial charge in [-0.15, -0.1) is 10.2 Å². The van der Waals surface area contributed by atoms with E-state index in [1.54, 1.807) is 11.0 Å². The van der Waals surface area contributed by atoms with Gasteiger partial charge in [0.25, 0.3) is 5.89 Å². The van der Waals surface area contributed by atoms with E-state index in [9.17, 15) is 4.79 Å². The van der Waals surface area contributed by atoms with Crippen LogP contribution < -0.4 is 4.90 Å². The van der Waals surface area contributed by atoms with Gasteiger partial charge in [0.15, 0.2) is 10.2 Å². The second-order valence-electron chi connectivity index (χ2n) is 5.98. The molecule has 0 saturated heterocycles. The summed E-state index contributed by atoms with van der Waals surface area (Å²) in [6.07, 6.45) is 2.52. The van der Waals surface area contributed by atoms with Crippen LogP contribution in [-0.4, -0.2) is 32.3 Å². The number of rotatable bonds is 7. The molecule has 0 aliphatic heterocycles. The zero-order chi connectivity index (χ0) is 18.8. The van der Waals surface area contributed by atoms with Crippen LogP contribution in [0.3, 0.4) is 0 Å². The Morgan fingerprint density at radius 1 is 1.37 bits per heavy atom. The van der Waals surface area contributed by atoms with E-state index < -0.39 is 0 Å². The van der Waals surface area contributed by atoms with Gasteiger partial charge in [-0.1, -0.05) is 58.9 Å². The van der Waals surface area contributed by atoms with Crippen molar-refractivity contribution in [2.45, 2.75) is 42.3 Å². The van der Waals surface area contributed by atoms with Crippen LogP contribution in [0.15, 0.2) is 33.1 Å². The first kappa shape index (κ1) is 18.4. The maximum atomic E-state index is 12.2. The van der Waals surface area contributed by atoms with Gasteiger partial charge in [-0.05, 0) is 25.0 Å². The van der Waals surface area contributed by atoms with Crippen molar-refractivity contribution in [1.29, 1.82) is 0 Å². The molecule has 10 heteroatoms. The van der Waals surface area contributed by atoms with Gasteiger partial charge >= 0.3 is 0 Å². The van der Waals surface area contributed by atoms with Gasteiger partial charge in [0.05, 0.1) is 16.3 Å². The first-order valence-corrected chi connectivity index (χ1v) is 10.7. The summed E-state index contributed by atoms with van der Waals surface area (Å²) in [7, 11) is 0. The highest BCUT2D eigenvalue weighted by molar-refractivity contribution is 8.00. The molecule has 2 aromatic heterocycles. The molecular weight excluding hydrogens is 406 g/mol. The number of hydrogen-bond donors (Lipinski definition) is 0. The van der Waals surface area contributed by atoms with E-state index >= 15 is 0 Å². The van der Waals surface area contributed by atoms with Gasteiger partial charge in [0.2, 0.25) is 11.0 Å². The number of thioether (sulfide) groups is 1. The molecule has 0 radical (unpaired) electrons. The van der Waals surface area contributed by atoms with Crippen molar-refractivity contribution in [3.05, 3.63) is 35.1 Å². The number of anilines is 1. The van der Waals surface area contributed by atoms with Crippen LogP contribution in [0.5, 0.6) is 0 Å². The highest BCUT2D eigenvalue weighted by atomic mass is 35.5. The SMILES string of the molecule is CCC(=O)N(c1nnc(SCc2noc(-c3ccccc3Cl)n2)s1)C1CC1. The lowest BCUT2D eigenvalue weighted by Crippen LogP contribution is -2.32. The van der Waals surface area contributed by atoms with Crippen molar-refractivity contribution in [2.24, 2.45) is 0 Å². The summed E-state index contributed by atoms with van der Waals surface area (Å²) in [4.78, 5) is 18.3. The molecule has 1 aromatic carbocycles. The number of halogens is 1. The Morgan fingerprint density at radius 2 is 2.19 bits per heavy atom. The summed E-state index contributed by atoms with van der Waals surface area (Å²) in [5.41, 5.74) is 0.708. The summed E-state index contributed by atoms with van der Waals surface area (Å²) in [6, 6.07) is 7.60. The lowest BCUT2D eigenvalue weighted by Gasteiger charge is -2.17. The van der Waals surface area contributed by atoms with Crippen LogP contribution in [0.4, 0.5) is 5.13 Å². The van der Waals surface area contributed by atoms with Crippen LogP contribution in [0, 0.1) is 0 Å². The van der Waals surface area contributed by atoms with E-state index in [-0.39, 0.29) is 11.9 Å². The smallest absolute Gasteiger partial charge is 0.259 e. The van der Waals surface area contributed by atoms with E-state index in [2.05, 4.69) is 20.3 Å².